The Hall–Kier alpha value is -1.06. The number of nitrogens with one attached hydrogen (secondary N) is 2. The minimum atomic E-state index is -4.18. The van der Waals surface area contributed by atoms with Crippen LogP contribution in [-0.2, 0) is 14.8 Å². The number of halogens is 3. The van der Waals surface area contributed by atoms with Gasteiger partial charge in [0.25, 0.3) is 0 Å². The maximum absolute atomic E-state index is 13.6. The third-order valence-electron chi connectivity index (χ3n) is 2.53. The van der Waals surface area contributed by atoms with Gasteiger partial charge in [0, 0.05) is 29.5 Å². The molecule has 0 bridgehead atoms. The Labute approximate surface area is 116 Å². The molecule has 1 amide bonds. The zero-order valence-electron chi connectivity index (χ0n) is 9.41. The number of sulfonamides is 1. The first-order valence-corrected chi connectivity index (χ1v) is 7.51. The third kappa shape index (κ3) is 3.10. The highest BCUT2D eigenvalue weighted by Crippen LogP contribution is 2.26. The normalized spacial score (nSPS) is 19.5. The van der Waals surface area contributed by atoms with Gasteiger partial charge < -0.3 is 5.32 Å². The molecular weight excluding hydrogens is 346 g/mol. The molecule has 1 unspecified atom stereocenters. The van der Waals surface area contributed by atoms with Crippen LogP contribution in [0.2, 0.25) is 0 Å². The van der Waals surface area contributed by atoms with Gasteiger partial charge in [0.2, 0.25) is 15.9 Å². The second-order valence-corrected chi connectivity index (χ2v) is 6.53. The molecule has 9 heteroatoms. The molecule has 0 aromatic heterocycles. The van der Waals surface area contributed by atoms with Gasteiger partial charge in [-0.3, -0.25) is 4.79 Å². The van der Waals surface area contributed by atoms with Crippen LogP contribution in [0.25, 0.3) is 0 Å². The Balaban J connectivity index is 2.32. The molecule has 0 aliphatic carbocycles. The van der Waals surface area contributed by atoms with E-state index in [9.17, 15) is 22.0 Å². The van der Waals surface area contributed by atoms with E-state index in [-0.39, 0.29) is 23.3 Å². The van der Waals surface area contributed by atoms with Gasteiger partial charge in [0.05, 0.1) is 0 Å². The molecule has 1 aromatic rings. The van der Waals surface area contributed by atoms with Crippen molar-refractivity contribution in [1.82, 2.24) is 10.0 Å². The average molecular weight is 355 g/mol. The van der Waals surface area contributed by atoms with Crippen molar-refractivity contribution in [3.8, 4) is 0 Å². The number of benzene rings is 1. The maximum atomic E-state index is 13.6. The van der Waals surface area contributed by atoms with Crippen molar-refractivity contribution >= 4 is 31.9 Å². The second kappa shape index (κ2) is 5.14. The summed E-state index contributed by atoms with van der Waals surface area (Å²) < 4.78 is 52.5. The van der Waals surface area contributed by atoms with Gasteiger partial charge >= 0.3 is 0 Å². The van der Waals surface area contributed by atoms with E-state index in [4.69, 9.17) is 0 Å². The monoisotopic (exact) mass is 354 g/mol. The lowest BCUT2D eigenvalue weighted by Crippen LogP contribution is -2.36. The molecule has 5 nitrogen and oxygen atoms in total. The van der Waals surface area contributed by atoms with E-state index in [1.807, 2.05) is 0 Å². The third-order valence-corrected chi connectivity index (χ3v) is 5.01. The predicted octanol–water partition coefficient (Wildman–Crippen LogP) is 0.894. The molecule has 1 aliphatic heterocycles. The first kappa shape index (κ1) is 14.4. The summed E-state index contributed by atoms with van der Waals surface area (Å²) in [6.07, 6.45) is -0.0142. The standard InChI is InChI=1S/C10H9BrF2N2O3S/c11-7-1-5(12)2-8(13)10(7)19(17,18)15-6-3-9(16)14-4-6/h1-2,6,15H,3-4H2,(H,14,16). The van der Waals surface area contributed by atoms with Crippen molar-refractivity contribution in [2.75, 3.05) is 6.54 Å². The van der Waals surface area contributed by atoms with Crippen LogP contribution in [0.4, 0.5) is 8.78 Å². The molecule has 2 rings (SSSR count). The van der Waals surface area contributed by atoms with E-state index in [1.165, 1.54) is 0 Å². The minimum Gasteiger partial charge on any atom is -0.354 e. The first-order chi connectivity index (χ1) is 8.79. The number of hydrogen-bond acceptors (Lipinski definition) is 3. The lowest BCUT2D eigenvalue weighted by Gasteiger charge is -2.13. The Morgan fingerprint density at radius 3 is 2.58 bits per heavy atom. The Bertz CT molecular complexity index is 613. The van der Waals surface area contributed by atoms with Crippen LogP contribution in [0.1, 0.15) is 6.42 Å². The van der Waals surface area contributed by atoms with Crippen LogP contribution < -0.4 is 10.0 Å². The van der Waals surface area contributed by atoms with Gasteiger partial charge in [-0.15, -0.1) is 0 Å². The van der Waals surface area contributed by atoms with Crippen molar-refractivity contribution in [2.24, 2.45) is 0 Å². The summed E-state index contributed by atoms with van der Waals surface area (Å²) in [4.78, 5) is 10.3. The van der Waals surface area contributed by atoms with Crippen molar-refractivity contribution in [3.63, 3.8) is 0 Å². The van der Waals surface area contributed by atoms with Gasteiger partial charge in [-0.1, -0.05) is 0 Å². The minimum absolute atomic E-state index is 0.0142. The van der Waals surface area contributed by atoms with Crippen LogP contribution in [0.5, 0.6) is 0 Å². The lowest BCUT2D eigenvalue weighted by molar-refractivity contribution is -0.119. The molecule has 19 heavy (non-hydrogen) atoms. The topological polar surface area (TPSA) is 75.3 Å². The summed E-state index contributed by atoms with van der Waals surface area (Å²) in [6, 6.07) is 0.696. The fourth-order valence-corrected chi connectivity index (χ4v) is 4.15. The summed E-state index contributed by atoms with van der Waals surface area (Å²) in [5.41, 5.74) is 0. The summed E-state index contributed by atoms with van der Waals surface area (Å²) in [5, 5.41) is 2.45. The largest absolute Gasteiger partial charge is 0.354 e. The van der Waals surface area contributed by atoms with Crippen LogP contribution in [0.3, 0.4) is 0 Å². The van der Waals surface area contributed by atoms with E-state index < -0.39 is 32.6 Å². The molecular formula is C10H9BrF2N2O3S. The molecule has 0 spiro atoms. The fraction of sp³-hybridized carbons (Fsp3) is 0.300. The number of rotatable bonds is 3. The van der Waals surface area contributed by atoms with Gasteiger partial charge in [-0.2, -0.15) is 0 Å². The smallest absolute Gasteiger partial charge is 0.244 e. The van der Waals surface area contributed by atoms with E-state index in [0.29, 0.717) is 6.07 Å². The summed E-state index contributed by atoms with van der Waals surface area (Å²) in [6.45, 7) is 0.137. The van der Waals surface area contributed by atoms with E-state index in [0.717, 1.165) is 6.07 Å². The molecule has 104 valence electrons. The van der Waals surface area contributed by atoms with Gasteiger partial charge in [-0.05, 0) is 22.0 Å². The number of carbonyl (C=O) groups is 1. The van der Waals surface area contributed by atoms with Gasteiger partial charge in [-0.25, -0.2) is 21.9 Å². The molecule has 1 heterocycles. The molecule has 1 aliphatic rings. The van der Waals surface area contributed by atoms with Crippen LogP contribution in [-0.4, -0.2) is 26.9 Å². The summed E-state index contributed by atoms with van der Waals surface area (Å²) in [5.74, 6) is -2.37. The molecule has 0 radical (unpaired) electrons. The van der Waals surface area contributed by atoms with Gasteiger partial charge in [0.1, 0.15) is 16.5 Å². The Morgan fingerprint density at radius 2 is 2.05 bits per heavy atom. The average Bonchev–Trinajstić information content (AvgIpc) is 2.60. The van der Waals surface area contributed by atoms with Crippen molar-refractivity contribution < 1.29 is 22.0 Å². The maximum Gasteiger partial charge on any atom is 0.244 e. The quantitative estimate of drug-likeness (QED) is 0.846. The van der Waals surface area contributed by atoms with Crippen LogP contribution >= 0.6 is 15.9 Å². The molecule has 1 saturated heterocycles. The van der Waals surface area contributed by atoms with Crippen LogP contribution in [0, 0.1) is 11.6 Å². The molecule has 1 fully saturated rings. The zero-order chi connectivity index (χ0) is 14.2. The number of amides is 1. The van der Waals surface area contributed by atoms with Crippen molar-refractivity contribution in [1.29, 1.82) is 0 Å². The summed E-state index contributed by atoms with van der Waals surface area (Å²) in [7, 11) is -4.18. The Morgan fingerprint density at radius 1 is 1.37 bits per heavy atom. The lowest BCUT2D eigenvalue weighted by atomic mass is 10.3. The van der Waals surface area contributed by atoms with Crippen molar-refractivity contribution in [2.45, 2.75) is 17.4 Å². The fourth-order valence-electron chi connectivity index (χ4n) is 1.75. The highest BCUT2D eigenvalue weighted by molar-refractivity contribution is 9.10. The zero-order valence-corrected chi connectivity index (χ0v) is 11.8. The SMILES string of the molecule is O=C1CC(NS(=O)(=O)c2c(F)cc(F)cc2Br)CN1. The molecule has 2 N–H and O–H groups in total. The number of carbonyl (C=O) groups excluding carboxylic acids is 1. The predicted molar refractivity (Wildman–Crippen MR) is 65.8 cm³/mol. The Kier molecular flexibility index (Phi) is 3.88. The number of hydrogen-bond donors (Lipinski definition) is 2. The second-order valence-electron chi connectivity index (χ2n) is 4.02. The highest BCUT2D eigenvalue weighted by Gasteiger charge is 2.30. The molecule has 1 atom stereocenters. The van der Waals surface area contributed by atoms with Crippen molar-refractivity contribution in [3.05, 3.63) is 28.2 Å². The van der Waals surface area contributed by atoms with Crippen LogP contribution in [0.15, 0.2) is 21.5 Å². The van der Waals surface area contributed by atoms with Gasteiger partial charge in [0.15, 0.2) is 0 Å². The van der Waals surface area contributed by atoms with E-state index in [2.05, 4.69) is 26.0 Å². The highest BCUT2D eigenvalue weighted by atomic mass is 79.9. The molecule has 0 saturated carbocycles. The van der Waals surface area contributed by atoms with E-state index in [1.54, 1.807) is 0 Å². The van der Waals surface area contributed by atoms with E-state index >= 15 is 0 Å². The molecule has 1 aromatic carbocycles. The summed E-state index contributed by atoms with van der Waals surface area (Å²) >= 11 is 2.81. The first-order valence-electron chi connectivity index (χ1n) is 5.23.